The minimum atomic E-state index is -0.675. The van der Waals surface area contributed by atoms with Crippen LogP contribution >= 0.6 is 0 Å². The molecule has 8 nitrogen and oxygen atoms in total. The van der Waals surface area contributed by atoms with Crippen LogP contribution in [0.4, 0.5) is 0 Å². The summed E-state index contributed by atoms with van der Waals surface area (Å²) in [7, 11) is 0. The topological polar surface area (TPSA) is 98.8 Å². The van der Waals surface area contributed by atoms with Gasteiger partial charge in [0.2, 0.25) is 5.91 Å². The lowest BCUT2D eigenvalue weighted by Gasteiger charge is -2.37. The predicted molar refractivity (Wildman–Crippen MR) is 128 cm³/mol. The second kappa shape index (κ2) is 10.8. The van der Waals surface area contributed by atoms with Gasteiger partial charge < -0.3 is 20.4 Å². The van der Waals surface area contributed by atoms with Gasteiger partial charge in [-0.15, -0.1) is 0 Å². The lowest BCUT2D eigenvalue weighted by Crippen LogP contribution is -2.58. The lowest BCUT2D eigenvalue weighted by molar-refractivity contribution is -0.149. The Bertz CT molecular complexity index is 863. The largest absolute Gasteiger partial charge is 0.346 e. The molecule has 33 heavy (non-hydrogen) atoms. The van der Waals surface area contributed by atoms with Gasteiger partial charge >= 0.3 is 11.8 Å². The second-order valence-corrected chi connectivity index (χ2v) is 10.3. The molecule has 1 fully saturated rings. The first kappa shape index (κ1) is 26.4. The Morgan fingerprint density at radius 3 is 1.79 bits per heavy atom. The quantitative estimate of drug-likeness (QED) is 0.659. The van der Waals surface area contributed by atoms with Crippen LogP contribution in [0.2, 0.25) is 0 Å². The number of amides is 4. The van der Waals surface area contributed by atoms with Crippen molar-refractivity contribution in [1.82, 2.24) is 20.4 Å². The molecular weight excluding hydrogens is 420 g/mol. The Hall–Kier alpha value is -2.90. The summed E-state index contributed by atoms with van der Waals surface area (Å²) in [5.41, 5.74) is 1.63. The van der Waals surface area contributed by atoms with Crippen LogP contribution in [0.25, 0.3) is 0 Å². The SMILES string of the molecule is CC(C)NC(=O)C(=O)N1CCN(C(=O)C(NC(=O)c2ccc(C(C)(C)C)cc2)C(C)C)CC1. The molecule has 0 spiro atoms. The van der Waals surface area contributed by atoms with Crippen molar-refractivity contribution in [2.24, 2.45) is 5.92 Å². The van der Waals surface area contributed by atoms with Crippen LogP contribution in [-0.2, 0) is 19.8 Å². The van der Waals surface area contributed by atoms with Crippen LogP contribution in [0.1, 0.15) is 64.4 Å². The summed E-state index contributed by atoms with van der Waals surface area (Å²) in [4.78, 5) is 53.4. The third-order valence-corrected chi connectivity index (χ3v) is 5.72. The summed E-state index contributed by atoms with van der Waals surface area (Å²) in [5.74, 6) is -1.78. The molecule has 4 amide bonds. The maximum absolute atomic E-state index is 13.2. The van der Waals surface area contributed by atoms with Crippen LogP contribution < -0.4 is 10.6 Å². The predicted octanol–water partition coefficient (Wildman–Crippen LogP) is 1.93. The van der Waals surface area contributed by atoms with E-state index in [1.165, 1.54) is 4.90 Å². The van der Waals surface area contributed by atoms with Crippen LogP contribution in [0.15, 0.2) is 24.3 Å². The van der Waals surface area contributed by atoms with Crippen molar-refractivity contribution >= 4 is 23.6 Å². The van der Waals surface area contributed by atoms with Crippen molar-refractivity contribution in [3.05, 3.63) is 35.4 Å². The summed E-state index contributed by atoms with van der Waals surface area (Å²) in [6.07, 6.45) is 0. The van der Waals surface area contributed by atoms with Crippen molar-refractivity contribution in [1.29, 1.82) is 0 Å². The highest BCUT2D eigenvalue weighted by Crippen LogP contribution is 2.22. The zero-order chi connectivity index (χ0) is 24.9. The van der Waals surface area contributed by atoms with E-state index in [2.05, 4.69) is 31.4 Å². The molecule has 0 saturated carbocycles. The molecule has 1 aromatic rings. The number of nitrogens with one attached hydrogen (secondary N) is 2. The maximum Gasteiger partial charge on any atom is 0.312 e. The Kier molecular flexibility index (Phi) is 8.63. The highest BCUT2D eigenvalue weighted by atomic mass is 16.2. The number of hydrogen-bond donors (Lipinski definition) is 2. The Labute approximate surface area is 197 Å². The van der Waals surface area contributed by atoms with E-state index in [9.17, 15) is 19.2 Å². The van der Waals surface area contributed by atoms with Gasteiger partial charge in [0, 0.05) is 37.8 Å². The molecule has 0 radical (unpaired) electrons. The van der Waals surface area contributed by atoms with Gasteiger partial charge in [0.1, 0.15) is 6.04 Å². The normalized spacial score (nSPS) is 15.4. The first-order valence-electron chi connectivity index (χ1n) is 11.6. The number of piperazine rings is 1. The molecule has 1 unspecified atom stereocenters. The fraction of sp³-hybridized carbons (Fsp3) is 0.600. The number of rotatable bonds is 5. The van der Waals surface area contributed by atoms with Gasteiger partial charge in [0.05, 0.1) is 0 Å². The number of nitrogens with zero attached hydrogens (tertiary/aromatic N) is 2. The van der Waals surface area contributed by atoms with E-state index in [-0.39, 0.29) is 42.3 Å². The van der Waals surface area contributed by atoms with Gasteiger partial charge in [-0.05, 0) is 42.9 Å². The summed E-state index contributed by atoms with van der Waals surface area (Å²) in [6.45, 7) is 14.9. The minimum Gasteiger partial charge on any atom is -0.346 e. The van der Waals surface area contributed by atoms with Gasteiger partial charge in [0.25, 0.3) is 5.91 Å². The summed E-state index contributed by atoms with van der Waals surface area (Å²) in [5, 5.41) is 5.48. The molecule has 2 rings (SSSR count). The first-order chi connectivity index (χ1) is 15.3. The molecule has 1 atom stereocenters. The maximum atomic E-state index is 13.2. The average molecular weight is 459 g/mol. The van der Waals surface area contributed by atoms with Crippen LogP contribution in [0.5, 0.6) is 0 Å². The van der Waals surface area contributed by atoms with Crippen molar-refractivity contribution < 1.29 is 19.2 Å². The van der Waals surface area contributed by atoms with Crippen LogP contribution in [0.3, 0.4) is 0 Å². The zero-order valence-electron chi connectivity index (χ0n) is 20.9. The number of carbonyl (C=O) groups excluding carboxylic acids is 4. The molecule has 8 heteroatoms. The average Bonchev–Trinajstić information content (AvgIpc) is 2.75. The number of benzene rings is 1. The molecule has 2 N–H and O–H groups in total. The van der Waals surface area contributed by atoms with Crippen LogP contribution in [-0.4, -0.2) is 71.7 Å². The fourth-order valence-corrected chi connectivity index (χ4v) is 3.65. The second-order valence-electron chi connectivity index (χ2n) is 10.3. The molecule has 1 aromatic carbocycles. The molecule has 1 heterocycles. The standard InChI is InChI=1S/C25H38N4O4/c1-16(2)20(27-21(30)18-8-10-19(11-9-18)25(5,6)7)23(32)28-12-14-29(15-13-28)24(33)22(31)26-17(3)4/h8-11,16-17,20H,12-15H2,1-7H3,(H,26,31)(H,27,30). The van der Waals surface area contributed by atoms with Crippen molar-refractivity contribution in [2.45, 2.75) is 66.0 Å². The van der Waals surface area contributed by atoms with E-state index < -0.39 is 17.9 Å². The third-order valence-electron chi connectivity index (χ3n) is 5.72. The summed E-state index contributed by atoms with van der Waals surface area (Å²) in [6, 6.07) is 6.64. The molecular formula is C25H38N4O4. The van der Waals surface area contributed by atoms with Gasteiger partial charge in [-0.3, -0.25) is 19.2 Å². The van der Waals surface area contributed by atoms with E-state index in [1.54, 1.807) is 30.9 Å². The van der Waals surface area contributed by atoms with E-state index in [0.717, 1.165) is 5.56 Å². The molecule has 1 aliphatic heterocycles. The first-order valence-corrected chi connectivity index (χ1v) is 11.6. The smallest absolute Gasteiger partial charge is 0.312 e. The van der Waals surface area contributed by atoms with Crippen molar-refractivity contribution in [3.63, 3.8) is 0 Å². The summed E-state index contributed by atoms with van der Waals surface area (Å²) >= 11 is 0. The lowest BCUT2D eigenvalue weighted by atomic mass is 9.86. The number of carbonyl (C=O) groups is 4. The fourth-order valence-electron chi connectivity index (χ4n) is 3.65. The number of hydrogen-bond acceptors (Lipinski definition) is 4. The monoisotopic (exact) mass is 458 g/mol. The van der Waals surface area contributed by atoms with E-state index >= 15 is 0 Å². The minimum absolute atomic E-state index is 0.00949. The Morgan fingerprint density at radius 1 is 0.818 bits per heavy atom. The van der Waals surface area contributed by atoms with Gasteiger partial charge in [0.15, 0.2) is 0 Å². The third kappa shape index (κ3) is 7.04. The van der Waals surface area contributed by atoms with E-state index in [1.807, 2.05) is 26.0 Å². The van der Waals surface area contributed by atoms with Gasteiger partial charge in [-0.1, -0.05) is 46.8 Å². The van der Waals surface area contributed by atoms with E-state index in [4.69, 9.17) is 0 Å². The highest BCUT2D eigenvalue weighted by molar-refractivity contribution is 6.35. The summed E-state index contributed by atoms with van der Waals surface area (Å²) < 4.78 is 0. The van der Waals surface area contributed by atoms with Gasteiger partial charge in [-0.25, -0.2) is 0 Å². The van der Waals surface area contributed by atoms with Gasteiger partial charge in [-0.2, -0.15) is 0 Å². The Balaban J connectivity index is 1.99. The zero-order valence-corrected chi connectivity index (χ0v) is 20.9. The molecule has 0 aromatic heterocycles. The molecule has 182 valence electrons. The Morgan fingerprint density at radius 2 is 1.33 bits per heavy atom. The van der Waals surface area contributed by atoms with Crippen molar-refractivity contribution in [2.75, 3.05) is 26.2 Å². The highest BCUT2D eigenvalue weighted by Gasteiger charge is 2.33. The van der Waals surface area contributed by atoms with E-state index in [0.29, 0.717) is 18.7 Å². The molecule has 0 aliphatic carbocycles. The molecule has 1 aliphatic rings. The molecule has 0 bridgehead atoms. The van der Waals surface area contributed by atoms with Crippen molar-refractivity contribution in [3.8, 4) is 0 Å². The van der Waals surface area contributed by atoms with Crippen LogP contribution in [0, 0.1) is 5.92 Å². The molecule has 1 saturated heterocycles.